The molecule has 0 aliphatic carbocycles. The molecule has 0 bridgehead atoms. The second-order valence-electron chi connectivity index (χ2n) is 5.17. The molecular formula is C17H16N2O2. The van der Waals surface area contributed by atoms with Crippen molar-refractivity contribution >= 4 is 22.7 Å². The summed E-state index contributed by atoms with van der Waals surface area (Å²) in [5.74, 6) is 0.442. The van der Waals surface area contributed by atoms with Gasteiger partial charge in [-0.05, 0) is 55.3 Å². The molecule has 0 saturated heterocycles. The Hall–Kier alpha value is -2.62. The maximum atomic E-state index is 12.3. The second kappa shape index (κ2) is 5.05. The molecular weight excluding hydrogens is 264 g/mol. The molecule has 21 heavy (non-hydrogen) atoms. The highest BCUT2D eigenvalue weighted by Crippen LogP contribution is 2.19. The molecule has 0 aliphatic rings. The third-order valence-corrected chi connectivity index (χ3v) is 3.52. The van der Waals surface area contributed by atoms with E-state index in [2.05, 4.69) is 10.3 Å². The van der Waals surface area contributed by atoms with E-state index in [1.54, 1.807) is 25.1 Å². The summed E-state index contributed by atoms with van der Waals surface area (Å²) in [5, 5.41) is 2.90. The second-order valence-corrected chi connectivity index (χ2v) is 5.17. The first kappa shape index (κ1) is 13.4. The molecule has 2 aromatic carbocycles. The lowest BCUT2D eigenvalue weighted by Gasteiger charge is -2.07. The lowest BCUT2D eigenvalue weighted by molar-refractivity contribution is 0.102. The van der Waals surface area contributed by atoms with E-state index in [1.165, 1.54) is 5.56 Å². The van der Waals surface area contributed by atoms with Crippen molar-refractivity contribution in [1.82, 2.24) is 4.98 Å². The van der Waals surface area contributed by atoms with Crippen LogP contribution in [0, 0.1) is 20.8 Å². The lowest BCUT2D eigenvalue weighted by atomic mass is 10.1. The Balaban J connectivity index is 1.87. The van der Waals surface area contributed by atoms with Gasteiger partial charge in [0.25, 0.3) is 5.91 Å². The van der Waals surface area contributed by atoms with Crippen LogP contribution in [0.1, 0.15) is 27.4 Å². The Kier molecular flexibility index (Phi) is 3.22. The van der Waals surface area contributed by atoms with Crippen LogP contribution in [0.5, 0.6) is 0 Å². The summed E-state index contributed by atoms with van der Waals surface area (Å²) in [6.45, 7) is 5.85. The predicted molar refractivity (Wildman–Crippen MR) is 82.6 cm³/mol. The van der Waals surface area contributed by atoms with E-state index in [0.29, 0.717) is 22.6 Å². The largest absolute Gasteiger partial charge is 0.441 e. The molecule has 3 rings (SSSR count). The number of anilines is 1. The predicted octanol–water partition coefficient (Wildman–Crippen LogP) is 4.01. The van der Waals surface area contributed by atoms with E-state index in [9.17, 15) is 4.79 Å². The maximum Gasteiger partial charge on any atom is 0.255 e. The first-order valence-electron chi connectivity index (χ1n) is 6.79. The van der Waals surface area contributed by atoms with E-state index in [-0.39, 0.29) is 5.91 Å². The van der Waals surface area contributed by atoms with Crippen LogP contribution in [0.3, 0.4) is 0 Å². The minimum absolute atomic E-state index is 0.152. The molecule has 106 valence electrons. The highest BCUT2D eigenvalue weighted by molar-refractivity contribution is 6.05. The summed E-state index contributed by atoms with van der Waals surface area (Å²) in [4.78, 5) is 16.5. The molecule has 1 aromatic heterocycles. The SMILES string of the molecule is Cc1nc2cc(C(=O)Nc3ccc(C)c(C)c3)ccc2o1. The highest BCUT2D eigenvalue weighted by Gasteiger charge is 2.10. The van der Waals surface area contributed by atoms with Crippen LogP contribution < -0.4 is 5.32 Å². The van der Waals surface area contributed by atoms with E-state index >= 15 is 0 Å². The number of nitrogens with zero attached hydrogens (tertiary/aromatic N) is 1. The van der Waals surface area contributed by atoms with Gasteiger partial charge < -0.3 is 9.73 Å². The maximum absolute atomic E-state index is 12.3. The van der Waals surface area contributed by atoms with Gasteiger partial charge in [-0.2, -0.15) is 0 Å². The molecule has 0 fully saturated rings. The van der Waals surface area contributed by atoms with Gasteiger partial charge in [-0.3, -0.25) is 4.79 Å². The molecule has 0 spiro atoms. The molecule has 1 N–H and O–H groups in total. The number of aromatic nitrogens is 1. The normalized spacial score (nSPS) is 10.8. The van der Waals surface area contributed by atoms with Gasteiger partial charge in [0.1, 0.15) is 5.52 Å². The zero-order valence-electron chi connectivity index (χ0n) is 12.2. The van der Waals surface area contributed by atoms with Crippen LogP contribution in [0.2, 0.25) is 0 Å². The number of oxazole rings is 1. The van der Waals surface area contributed by atoms with Gasteiger partial charge in [0.05, 0.1) is 0 Å². The summed E-state index contributed by atoms with van der Waals surface area (Å²) < 4.78 is 5.41. The van der Waals surface area contributed by atoms with Crippen LogP contribution in [-0.4, -0.2) is 10.9 Å². The Labute approximate surface area is 122 Å². The molecule has 0 atom stereocenters. The molecule has 3 aromatic rings. The Morgan fingerprint density at radius 2 is 1.86 bits per heavy atom. The highest BCUT2D eigenvalue weighted by atomic mass is 16.3. The van der Waals surface area contributed by atoms with Crippen molar-refractivity contribution in [3.05, 3.63) is 59.0 Å². The van der Waals surface area contributed by atoms with Crippen LogP contribution in [-0.2, 0) is 0 Å². The minimum atomic E-state index is -0.152. The molecule has 4 nitrogen and oxygen atoms in total. The van der Waals surface area contributed by atoms with E-state index in [1.807, 2.05) is 32.0 Å². The molecule has 1 amide bonds. The fraction of sp³-hybridized carbons (Fsp3) is 0.176. The number of carbonyl (C=O) groups is 1. The van der Waals surface area contributed by atoms with Crippen molar-refractivity contribution in [2.45, 2.75) is 20.8 Å². The van der Waals surface area contributed by atoms with Crippen molar-refractivity contribution in [3.63, 3.8) is 0 Å². The molecule has 0 aliphatic heterocycles. The number of nitrogens with one attached hydrogen (secondary N) is 1. The molecule has 0 unspecified atom stereocenters. The van der Waals surface area contributed by atoms with Crippen molar-refractivity contribution in [2.75, 3.05) is 5.32 Å². The smallest absolute Gasteiger partial charge is 0.255 e. The minimum Gasteiger partial charge on any atom is -0.441 e. The number of benzene rings is 2. The van der Waals surface area contributed by atoms with Gasteiger partial charge in [-0.25, -0.2) is 4.98 Å². The average Bonchev–Trinajstić information content (AvgIpc) is 2.82. The summed E-state index contributed by atoms with van der Waals surface area (Å²) in [7, 11) is 0. The van der Waals surface area contributed by atoms with Gasteiger partial charge in [0, 0.05) is 18.2 Å². The number of amides is 1. The Morgan fingerprint density at radius 1 is 1.05 bits per heavy atom. The van der Waals surface area contributed by atoms with Gasteiger partial charge in [-0.1, -0.05) is 6.07 Å². The number of rotatable bonds is 2. The van der Waals surface area contributed by atoms with Gasteiger partial charge in [0.15, 0.2) is 11.5 Å². The first-order chi connectivity index (χ1) is 10.0. The third-order valence-electron chi connectivity index (χ3n) is 3.52. The Bertz CT molecular complexity index is 834. The van der Waals surface area contributed by atoms with Crippen LogP contribution in [0.15, 0.2) is 40.8 Å². The summed E-state index contributed by atoms with van der Waals surface area (Å²) in [6, 6.07) is 11.1. The zero-order chi connectivity index (χ0) is 15.0. The summed E-state index contributed by atoms with van der Waals surface area (Å²) in [5.41, 5.74) is 5.09. The molecule has 1 heterocycles. The van der Waals surface area contributed by atoms with Crippen molar-refractivity contribution in [3.8, 4) is 0 Å². The van der Waals surface area contributed by atoms with Gasteiger partial charge in [-0.15, -0.1) is 0 Å². The van der Waals surface area contributed by atoms with E-state index in [4.69, 9.17) is 4.42 Å². The number of carbonyl (C=O) groups excluding carboxylic acids is 1. The van der Waals surface area contributed by atoms with Crippen molar-refractivity contribution in [2.24, 2.45) is 0 Å². The average molecular weight is 280 g/mol. The molecule has 0 radical (unpaired) electrons. The van der Waals surface area contributed by atoms with Crippen LogP contribution >= 0.6 is 0 Å². The summed E-state index contributed by atoms with van der Waals surface area (Å²) in [6.07, 6.45) is 0. The topological polar surface area (TPSA) is 55.1 Å². The quantitative estimate of drug-likeness (QED) is 0.771. The van der Waals surface area contributed by atoms with E-state index < -0.39 is 0 Å². The summed E-state index contributed by atoms with van der Waals surface area (Å²) >= 11 is 0. The molecule has 0 saturated carbocycles. The number of hydrogen-bond donors (Lipinski definition) is 1. The number of aryl methyl sites for hydroxylation is 3. The van der Waals surface area contributed by atoms with Gasteiger partial charge >= 0.3 is 0 Å². The fourth-order valence-electron chi connectivity index (χ4n) is 2.21. The van der Waals surface area contributed by atoms with Crippen LogP contribution in [0.4, 0.5) is 5.69 Å². The monoisotopic (exact) mass is 280 g/mol. The third kappa shape index (κ3) is 2.65. The standard InChI is InChI=1S/C17H16N2O2/c1-10-4-6-14(8-11(10)2)19-17(20)13-5-7-16-15(9-13)18-12(3)21-16/h4-9H,1-3H3,(H,19,20). The fourth-order valence-corrected chi connectivity index (χ4v) is 2.21. The van der Waals surface area contributed by atoms with Crippen molar-refractivity contribution < 1.29 is 9.21 Å². The first-order valence-corrected chi connectivity index (χ1v) is 6.79. The zero-order valence-corrected chi connectivity index (χ0v) is 12.2. The van der Waals surface area contributed by atoms with Gasteiger partial charge in [0.2, 0.25) is 0 Å². The molecule has 4 heteroatoms. The number of hydrogen-bond acceptors (Lipinski definition) is 3. The lowest BCUT2D eigenvalue weighted by Crippen LogP contribution is -2.11. The Morgan fingerprint density at radius 3 is 2.62 bits per heavy atom. The van der Waals surface area contributed by atoms with Crippen molar-refractivity contribution in [1.29, 1.82) is 0 Å². The van der Waals surface area contributed by atoms with E-state index in [0.717, 1.165) is 11.3 Å². The number of fused-ring (bicyclic) bond motifs is 1. The van der Waals surface area contributed by atoms with Crippen LogP contribution in [0.25, 0.3) is 11.1 Å².